The number of halogens is 2. The van der Waals surface area contributed by atoms with Crippen LogP contribution in [0, 0.1) is 11.6 Å². The molecular formula is C12H15F2NO3. The van der Waals surface area contributed by atoms with Gasteiger partial charge in [-0.25, -0.2) is 8.78 Å². The van der Waals surface area contributed by atoms with E-state index < -0.39 is 29.7 Å². The molecule has 0 amide bonds. The van der Waals surface area contributed by atoms with Gasteiger partial charge in [-0.3, -0.25) is 4.79 Å². The van der Waals surface area contributed by atoms with E-state index in [2.05, 4.69) is 5.32 Å². The van der Waals surface area contributed by atoms with Gasteiger partial charge in [0.15, 0.2) is 11.6 Å². The van der Waals surface area contributed by atoms with Crippen molar-refractivity contribution >= 4 is 5.97 Å². The zero-order valence-electron chi connectivity index (χ0n) is 9.86. The number of hydrogen-bond donors (Lipinski definition) is 3. The fraction of sp³-hybridized carbons (Fsp3) is 0.417. The molecule has 1 rings (SSSR count). The van der Waals surface area contributed by atoms with Gasteiger partial charge >= 0.3 is 5.97 Å². The van der Waals surface area contributed by atoms with Gasteiger partial charge in [0.1, 0.15) is 6.04 Å². The van der Waals surface area contributed by atoms with Gasteiger partial charge in [-0.2, -0.15) is 0 Å². The Morgan fingerprint density at radius 2 is 2.06 bits per heavy atom. The second-order valence-corrected chi connectivity index (χ2v) is 3.90. The fourth-order valence-electron chi connectivity index (χ4n) is 1.50. The number of carboxylic acid groups (broad SMARTS) is 1. The minimum absolute atomic E-state index is 0.0458. The summed E-state index contributed by atoms with van der Waals surface area (Å²) in [6.45, 7) is 1.64. The van der Waals surface area contributed by atoms with Gasteiger partial charge in [-0.15, -0.1) is 0 Å². The van der Waals surface area contributed by atoms with Crippen molar-refractivity contribution in [3.8, 4) is 0 Å². The summed E-state index contributed by atoms with van der Waals surface area (Å²) in [6, 6.07) is 2.29. The van der Waals surface area contributed by atoms with E-state index >= 15 is 0 Å². The normalized spacial score (nSPS) is 14.2. The largest absolute Gasteiger partial charge is 0.480 e. The van der Waals surface area contributed by atoms with Crippen molar-refractivity contribution in [2.45, 2.75) is 25.5 Å². The lowest BCUT2D eigenvalue weighted by atomic mass is 10.1. The van der Waals surface area contributed by atoms with Crippen LogP contribution < -0.4 is 5.32 Å². The third kappa shape index (κ3) is 3.75. The molecule has 18 heavy (non-hydrogen) atoms. The minimum Gasteiger partial charge on any atom is -0.480 e. The van der Waals surface area contributed by atoms with Crippen molar-refractivity contribution in [1.82, 2.24) is 5.32 Å². The summed E-state index contributed by atoms with van der Waals surface area (Å²) in [5, 5.41) is 21.1. The number of nitrogens with one attached hydrogen (secondary N) is 1. The fourth-order valence-corrected chi connectivity index (χ4v) is 1.50. The van der Waals surface area contributed by atoms with Crippen molar-refractivity contribution in [1.29, 1.82) is 0 Å². The van der Waals surface area contributed by atoms with Gasteiger partial charge in [0, 0.05) is 6.54 Å². The molecule has 1 aromatic rings. The molecule has 0 saturated heterocycles. The summed E-state index contributed by atoms with van der Waals surface area (Å²) in [5.74, 6) is -3.05. The number of aliphatic hydroxyl groups excluding tert-OH is 1. The minimum atomic E-state index is -1.09. The molecule has 3 N–H and O–H groups in total. The van der Waals surface area contributed by atoms with E-state index in [1.807, 2.05) is 0 Å². The van der Waals surface area contributed by atoms with Crippen LogP contribution in [-0.4, -0.2) is 28.8 Å². The topological polar surface area (TPSA) is 69.6 Å². The van der Waals surface area contributed by atoms with Crippen molar-refractivity contribution in [3.63, 3.8) is 0 Å². The highest BCUT2D eigenvalue weighted by Crippen LogP contribution is 2.15. The average Bonchev–Trinajstić information content (AvgIpc) is 2.32. The lowest BCUT2D eigenvalue weighted by Crippen LogP contribution is -2.38. The Kier molecular flexibility index (Phi) is 5.18. The molecule has 0 spiro atoms. The summed E-state index contributed by atoms with van der Waals surface area (Å²) in [7, 11) is 0. The van der Waals surface area contributed by atoms with Crippen molar-refractivity contribution in [3.05, 3.63) is 35.4 Å². The lowest BCUT2D eigenvalue weighted by molar-refractivity contribution is -0.139. The zero-order valence-corrected chi connectivity index (χ0v) is 9.86. The maximum atomic E-state index is 12.9. The van der Waals surface area contributed by atoms with Crippen molar-refractivity contribution < 1.29 is 23.8 Å². The SMILES string of the molecule is CCC(NCC(O)c1ccc(F)c(F)c1)C(=O)O. The number of aliphatic hydroxyl groups is 1. The number of carbonyl (C=O) groups is 1. The average molecular weight is 259 g/mol. The predicted octanol–water partition coefficient (Wildman–Crippen LogP) is 1.45. The van der Waals surface area contributed by atoms with Crippen LogP contribution in [0.25, 0.3) is 0 Å². The highest BCUT2D eigenvalue weighted by Gasteiger charge is 2.17. The Labute approximate surface area is 103 Å². The Balaban J connectivity index is 2.62. The van der Waals surface area contributed by atoms with E-state index in [-0.39, 0.29) is 12.1 Å². The highest BCUT2D eigenvalue weighted by molar-refractivity contribution is 5.73. The Bertz CT molecular complexity index is 426. The van der Waals surface area contributed by atoms with Crippen LogP contribution in [0.1, 0.15) is 25.0 Å². The third-order valence-corrected chi connectivity index (χ3v) is 2.59. The van der Waals surface area contributed by atoms with E-state index in [4.69, 9.17) is 5.11 Å². The summed E-state index contributed by atoms with van der Waals surface area (Å²) in [6.07, 6.45) is -0.728. The van der Waals surface area contributed by atoms with E-state index in [1.54, 1.807) is 6.92 Å². The first kappa shape index (κ1) is 14.5. The molecule has 0 aliphatic heterocycles. The van der Waals surface area contributed by atoms with Gasteiger partial charge in [0.05, 0.1) is 6.10 Å². The van der Waals surface area contributed by atoms with E-state index in [1.165, 1.54) is 6.07 Å². The molecule has 0 heterocycles. The van der Waals surface area contributed by atoms with Crippen molar-refractivity contribution in [2.24, 2.45) is 0 Å². The summed E-state index contributed by atoms with van der Waals surface area (Å²) < 4.78 is 25.6. The number of aliphatic carboxylic acids is 1. The van der Waals surface area contributed by atoms with Crippen LogP contribution in [0.2, 0.25) is 0 Å². The Hall–Kier alpha value is -1.53. The number of rotatable bonds is 6. The molecule has 0 bridgehead atoms. The van der Waals surface area contributed by atoms with Gasteiger partial charge in [0.2, 0.25) is 0 Å². The quantitative estimate of drug-likeness (QED) is 0.723. The van der Waals surface area contributed by atoms with Gasteiger partial charge in [-0.1, -0.05) is 13.0 Å². The van der Waals surface area contributed by atoms with Crippen LogP contribution >= 0.6 is 0 Å². The number of benzene rings is 1. The molecule has 0 aliphatic rings. The number of hydrogen-bond acceptors (Lipinski definition) is 3. The molecule has 0 aliphatic carbocycles. The Morgan fingerprint density at radius 3 is 2.56 bits per heavy atom. The first-order chi connectivity index (χ1) is 8.45. The molecular weight excluding hydrogens is 244 g/mol. The van der Waals surface area contributed by atoms with Gasteiger partial charge in [-0.05, 0) is 24.1 Å². The summed E-state index contributed by atoms with van der Waals surface area (Å²) >= 11 is 0. The lowest BCUT2D eigenvalue weighted by Gasteiger charge is -2.16. The zero-order chi connectivity index (χ0) is 13.7. The summed E-state index contributed by atoms with van der Waals surface area (Å²) in [4.78, 5) is 10.7. The Morgan fingerprint density at radius 1 is 1.39 bits per heavy atom. The molecule has 2 atom stereocenters. The van der Waals surface area contributed by atoms with Crippen molar-refractivity contribution in [2.75, 3.05) is 6.54 Å². The molecule has 100 valence electrons. The second kappa shape index (κ2) is 6.42. The van der Waals surface area contributed by atoms with Crippen LogP contribution in [0.5, 0.6) is 0 Å². The van der Waals surface area contributed by atoms with Crippen LogP contribution in [0.3, 0.4) is 0 Å². The molecule has 0 aromatic heterocycles. The molecule has 4 nitrogen and oxygen atoms in total. The molecule has 0 radical (unpaired) electrons. The second-order valence-electron chi connectivity index (χ2n) is 3.90. The molecule has 6 heteroatoms. The predicted molar refractivity (Wildman–Crippen MR) is 61.0 cm³/mol. The first-order valence-electron chi connectivity index (χ1n) is 5.55. The monoisotopic (exact) mass is 259 g/mol. The van der Waals surface area contributed by atoms with E-state index in [9.17, 15) is 18.7 Å². The van der Waals surface area contributed by atoms with Crippen LogP contribution in [-0.2, 0) is 4.79 Å². The van der Waals surface area contributed by atoms with Crippen LogP contribution in [0.4, 0.5) is 8.78 Å². The first-order valence-corrected chi connectivity index (χ1v) is 5.55. The highest BCUT2D eigenvalue weighted by atomic mass is 19.2. The molecule has 2 unspecified atom stereocenters. The maximum absolute atomic E-state index is 12.9. The van der Waals surface area contributed by atoms with E-state index in [0.29, 0.717) is 6.42 Å². The molecule has 0 saturated carbocycles. The van der Waals surface area contributed by atoms with Gasteiger partial charge < -0.3 is 15.5 Å². The maximum Gasteiger partial charge on any atom is 0.320 e. The molecule has 1 aromatic carbocycles. The van der Waals surface area contributed by atoms with Crippen LogP contribution in [0.15, 0.2) is 18.2 Å². The van der Waals surface area contributed by atoms with Gasteiger partial charge in [0.25, 0.3) is 0 Å². The number of carboxylic acids is 1. The van der Waals surface area contributed by atoms with E-state index in [0.717, 1.165) is 12.1 Å². The smallest absolute Gasteiger partial charge is 0.320 e. The molecule has 0 fully saturated rings. The standard InChI is InChI=1S/C12H15F2NO3/c1-2-10(12(17)18)15-6-11(16)7-3-4-8(13)9(14)5-7/h3-5,10-11,15-16H,2,6H2,1H3,(H,17,18). The third-order valence-electron chi connectivity index (χ3n) is 2.59. The summed E-state index contributed by atoms with van der Waals surface area (Å²) in [5.41, 5.74) is 0.196.